The molecule has 0 aromatic heterocycles. The van der Waals surface area contributed by atoms with Crippen molar-refractivity contribution in [1.29, 1.82) is 5.26 Å². The molecule has 1 aromatic rings. The number of aldehydes is 1. The molecule has 0 aliphatic carbocycles. The maximum absolute atomic E-state index is 10.7. The molecule has 0 fully saturated rings. The third kappa shape index (κ3) is 2.54. The van der Waals surface area contributed by atoms with Crippen molar-refractivity contribution in [3.8, 4) is 11.8 Å². The second kappa shape index (κ2) is 4.89. The van der Waals surface area contributed by atoms with Gasteiger partial charge in [0.25, 0.3) is 5.69 Å². The lowest BCUT2D eigenvalue weighted by Crippen LogP contribution is -2.09. The van der Waals surface area contributed by atoms with Crippen molar-refractivity contribution in [1.82, 2.24) is 0 Å². The predicted molar refractivity (Wildman–Crippen MR) is 54.2 cm³/mol. The number of nitrogens with zero attached hydrogens (tertiary/aromatic N) is 2. The topological polar surface area (TPSA) is 93.2 Å². The van der Waals surface area contributed by atoms with Crippen LogP contribution in [0.3, 0.4) is 0 Å². The van der Waals surface area contributed by atoms with E-state index in [1.54, 1.807) is 0 Å². The Balaban J connectivity index is 3.08. The SMILES string of the molecule is C[C@@H](C#N)Oc1ccc([N+](=O)[O-])cc1C=O. The number of nitriles is 1. The van der Waals surface area contributed by atoms with E-state index in [1.807, 2.05) is 6.07 Å². The fraction of sp³-hybridized carbons (Fsp3) is 0.200. The highest BCUT2D eigenvalue weighted by Gasteiger charge is 2.12. The average molecular weight is 220 g/mol. The van der Waals surface area contributed by atoms with Crippen LogP contribution in [0, 0.1) is 21.4 Å². The third-order valence-corrected chi connectivity index (χ3v) is 1.82. The van der Waals surface area contributed by atoms with Gasteiger partial charge >= 0.3 is 0 Å². The van der Waals surface area contributed by atoms with E-state index in [2.05, 4.69) is 0 Å². The van der Waals surface area contributed by atoms with Crippen molar-refractivity contribution < 1.29 is 14.5 Å². The van der Waals surface area contributed by atoms with Gasteiger partial charge in [-0.25, -0.2) is 0 Å². The highest BCUT2D eigenvalue weighted by atomic mass is 16.6. The molecule has 0 aliphatic rings. The van der Waals surface area contributed by atoms with Crippen molar-refractivity contribution >= 4 is 12.0 Å². The summed E-state index contributed by atoms with van der Waals surface area (Å²) in [4.78, 5) is 20.5. The molecule has 16 heavy (non-hydrogen) atoms. The Morgan fingerprint density at radius 3 is 2.81 bits per heavy atom. The monoisotopic (exact) mass is 220 g/mol. The summed E-state index contributed by atoms with van der Waals surface area (Å²) < 4.78 is 5.11. The number of non-ortho nitro benzene ring substituents is 1. The van der Waals surface area contributed by atoms with E-state index in [4.69, 9.17) is 10.00 Å². The molecular formula is C10H8N2O4. The van der Waals surface area contributed by atoms with Gasteiger partial charge in [0.1, 0.15) is 11.8 Å². The zero-order chi connectivity index (χ0) is 12.1. The Kier molecular flexibility index (Phi) is 3.56. The number of hydrogen-bond donors (Lipinski definition) is 0. The molecule has 1 aromatic carbocycles. The van der Waals surface area contributed by atoms with Crippen molar-refractivity contribution in [2.24, 2.45) is 0 Å². The number of ether oxygens (including phenoxy) is 1. The van der Waals surface area contributed by atoms with Crippen LogP contribution >= 0.6 is 0 Å². The zero-order valence-electron chi connectivity index (χ0n) is 8.41. The molecule has 0 aliphatic heterocycles. The van der Waals surface area contributed by atoms with Crippen LogP contribution in [-0.2, 0) is 0 Å². The maximum atomic E-state index is 10.7. The molecular weight excluding hydrogens is 212 g/mol. The summed E-state index contributed by atoms with van der Waals surface area (Å²) in [5.74, 6) is 0.162. The van der Waals surface area contributed by atoms with Crippen LogP contribution in [0.2, 0.25) is 0 Å². The highest BCUT2D eigenvalue weighted by Crippen LogP contribution is 2.23. The molecule has 1 atom stereocenters. The Morgan fingerprint density at radius 1 is 1.62 bits per heavy atom. The second-order valence-electron chi connectivity index (χ2n) is 2.99. The Morgan fingerprint density at radius 2 is 2.31 bits per heavy atom. The van der Waals surface area contributed by atoms with Crippen LogP contribution in [0.15, 0.2) is 18.2 Å². The molecule has 6 nitrogen and oxygen atoms in total. The van der Waals surface area contributed by atoms with Crippen LogP contribution in [0.5, 0.6) is 5.75 Å². The predicted octanol–water partition coefficient (Wildman–Crippen LogP) is 1.70. The van der Waals surface area contributed by atoms with E-state index >= 15 is 0 Å². The summed E-state index contributed by atoms with van der Waals surface area (Å²) in [6.07, 6.45) is -0.271. The summed E-state index contributed by atoms with van der Waals surface area (Å²) in [6, 6.07) is 5.45. The molecule has 0 N–H and O–H groups in total. The minimum Gasteiger partial charge on any atom is -0.475 e. The summed E-state index contributed by atoms with van der Waals surface area (Å²) in [6.45, 7) is 1.51. The fourth-order valence-electron chi connectivity index (χ4n) is 1.07. The molecule has 0 amide bonds. The Labute approximate surface area is 91.2 Å². The van der Waals surface area contributed by atoms with Crippen molar-refractivity contribution in [2.45, 2.75) is 13.0 Å². The number of hydrogen-bond acceptors (Lipinski definition) is 5. The number of carbonyl (C=O) groups excluding carboxylic acids is 1. The highest BCUT2D eigenvalue weighted by molar-refractivity contribution is 5.80. The lowest BCUT2D eigenvalue weighted by Gasteiger charge is -2.09. The van der Waals surface area contributed by atoms with Gasteiger partial charge in [-0.1, -0.05) is 0 Å². The molecule has 1 rings (SSSR count). The average Bonchev–Trinajstić information content (AvgIpc) is 2.29. The van der Waals surface area contributed by atoms with Crippen molar-refractivity contribution in [2.75, 3.05) is 0 Å². The van der Waals surface area contributed by atoms with Crippen LogP contribution in [0.25, 0.3) is 0 Å². The largest absolute Gasteiger partial charge is 0.475 e. The first-order valence-corrected chi connectivity index (χ1v) is 4.38. The quantitative estimate of drug-likeness (QED) is 0.437. The Bertz CT molecular complexity index is 464. The van der Waals surface area contributed by atoms with Crippen LogP contribution in [0.1, 0.15) is 17.3 Å². The molecule has 82 valence electrons. The van der Waals surface area contributed by atoms with Gasteiger partial charge in [0.2, 0.25) is 0 Å². The van der Waals surface area contributed by atoms with Gasteiger partial charge in [0, 0.05) is 12.1 Å². The second-order valence-corrected chi connectivity index (χ2v) is 2.99. The van der Waals surface area contributed by atoms with E-state index < -0.39 is 11.0 Å². The normalized spacial score (nSPS) is 11.2. The maximum Gasteiger partial charge on any atom is 0.270 e. The molecule has 6 heteroatoms. The zero-order valence-corrected chi connectivity index (χ0v) is 8.41. The smallest absolute Gasteiger partial charge is 0.270 e. The first-order valence-electron chi connectivity index (χ1n) is 4.38. The summed E-state index contributed by atoms with van der Waals surface area (Å²) in [5, 5.41) is 19.0. The minimum atomic E-state index is -0.722. The van der Waals surface area contributed by atoms with E-state index in [0.717, 1.165) is 6.07 Å². The lowest BCUT2D eigenvalue weighted by molar-refractivity contribution is -0.384. The number of benzene rings is 1. The van der Waals surface area contributed by atoms with E-state index in [9.17, 15) is 14.9 Å². The Hall–Kier alpha value is -2.42. The van der Waals surface area contributed by atoms with Crippen LogP contribution in [-0.4, -0.2) is 17.3 Å². The summed E-state index contributed by atoms with van der Waals surface area (Å²) >= 11 is 0. The van der Waals surface area contributed by atoms with E-state index in [1.165, 1.54) is 19.1 Å². The standard InChI is InChI=1S/C10H8N2O4/c1-7(5-11)16-10-3-2-9(12(14)15)4-8(10)6-13/h2-4,6-7H,1H3/t7-/m0/s1. The third-order valence-electron chi connectivity index (χ3n) is 1.82. The minimum absolute atomic E-state index is 0.0521. The lowest BCUT2D eigenvalue weighted by atomic mass is 10.2. The van der Waals surface area contributed by atoms with Gasteiger partial charge < -0.3 is 4.74 Å². The molecule has 0 heterocycles. The first kappa shape index (κ1) is 11.7. The summed E-state index contributed by atoms with van der Waals surface area (Å²) in [7, 11) is 0. The number of nitro groups is 1. The van der Waals surface area contributed by atoms with Gasteiger partial charge in [-0.3, -0.25) is 14.9 Å². The molecule has 0 unspecified atom stereocenters. The van der Waals surface area contributed by atoms with Gasteiger partial charge in [0.15, 0.2) is 12.4 Å². The molecule has 0 spiro atoms. The van der Waals surface area contributed by atoms with Crippen molar-refractivity contribution in [3.05, 3.63) is 33.9 Å². The summed E-state index contributed by atoms with van der Waals surface area (Å²) in [5.41, 5.74) is -0.143. The number of carbonyl (C=O) groups is 1. The van der Waals surface area contributed by atoms with Gasteiger partial charge in [0.05, 0.1) is 10.5 Å². The van der Waals surface area contributed by atoms with Gasteiger partial charge in [-0.2, -0.15) is 5.26 Å². The number of rotatable bonds is 4. The van der Waals surface area contributed by atoms with Crippen LogP contribution < -0.4 is 4.74 Å². The molecule has 0 saturated carbocycles. The van der Waals surface area contributed by atoms with Crippen molar-refractivity contribution in [3.63, 3.8) is 0 Å². The van der Waals surface area contributed by atoms with Crippen LogP contribution in [0.4, 0.5) is 5.69 Å². The van der Waals surface area contributed by atoms with Gasteiger partial charge in [-0.05, 0) is 13.0 Å². The van der Waals surface area contributed by atoms with E-state index in [0.29, 0.717) is 6.29 Å². The van der Waals surface area contributed by atoms with Gasteiger partial charge in [-0.15, -0.1) is 0 Å². The molecule has 0 bridgehead atoms. The fourth-order valence-corrected chi connectivity index (χ4v) is 1.07. The first-order chi connectivity index (χ1) is 7.58. The molecule has 0 radical (unpaired) electrons. The van der Waals surface area contributed by atoms with E-state index in [-0.39, 0.29) is 17.0 Å². The number of nitro benzene ring substituents is 1. The molecule has 0 saturated heterocycles.